The number of rotatable bonds is 11. The van der Waals surface area contributed by atoms with Crippen molar-refractivity contribution in [1.29, 1.82) is 0 Å². The molecule has 2 rings (SSSR count). The van der Waals surface area contributed by atoms with Crippen LogP contribution in [0.15, 0.2) is 48.5 Å². The van der Waals surface area contributed by atoms with Gasteiger partial charge in [-0.25, -0.2) is 0 Å². The van der Waals surface area contributed by atoms with Crippen LogP contribution in [0.25, 0.3) is 0 Å². The number of hydrogen-bond acceptors (Lipinski definition) is 3. The molecule has 0 saturated heterocycles. The average molecular weight is 441 g/mol. The van der Waals surface area contributed by atoms with Gasteiger partial charge in [-0.15, -0.1) is 11.8 Å². The van der Waals surface area contributed by atoms with Gasteiger partial charge in [0, 0.05) is 18.8 Å². The van der Waals surface area contributed by atoms with Gasteiger partial charge in [-0.1, -0.05) is 74.9 Å². The number of thioether (sulfide) groups is 1. The van der Waals surface area contributed by atoms with Crippen molar-refractivity contribution in [3.05, 3.63) is 70.8 Å². The first-order valence-corrected chi connectivity index (χ1v) is 12.2. The number of nitrogens with zero attached hydrogens (tertiary/aromatic N) is 1. The Balaban J connectivity index is 2.13. The van der Waals surface area contributed by atoms with Gasteiger partial charge in [-0.2, -0.15) is 0 Å². The van der Waals surface area contributed by atoms with E-state index < -0.39 is 6.04 Å². The highest BCUT2D eigenvalue weighted by atomic mass is 32.2. The van der Waals surface area contributed by atoms with E-state index in [1.54, 1.807) is 16.7 Å². The summed E-state index contributed by atoms with van der Waals surface area (Å²) in [4.78, 5) is 27.9. The molecule has 0 bridgehead atoms. The zero-order valence-corrected chi connectivity index (χ0v) is 20.3. The largest absolute Gasteiger partial charge is 0.354 e. The van der Waals surface area contributed by atoms with E-state index in [2.05, 4.69) is 44.3 Å². The Labute approximate surface area is 191 Å². The number of amides is 2. The van der Waals surface area contributed by atoms with Crippen molar-refractivity contribution in [2.75, 3.05) is 12.3 Å². The van der Waals surface area contributed by atoms with Gasteiger partial charge in [-0.05, 0) is 42.9 Å². The highest BCUT2D eigenvalue weighted by molar-refractivity contribution is 7.99. The van der Waals surface area contributed by atoms with Gasteiger partial charge in [0.05, 0.1) is 5.75 Å². The number of benzene rings is 2. The molecule has 2 amide bonds. The van der Waals surface area contributed by atoms with Gasteiger partial charge in [-0.3, -0.25) is 9.59 Å². The van der Waals surface area contributed by atoms with Crippen LogP contribution in [-0.4, -0.2) is 35.1 Å². The summed E-state index contributed by atoms with van der Waals surface area (Å²) >= 11 is 1.61. The summed E-state index contributed by atoms with van der Waals surface area (Å²) in [5.74, 6) is 1.45. The lowest BCUT2D eigenvalue weighted by atomic mass is 10.1. The van der Waals surface area contributed by atoms with Crippen LogP contribution in [-0.2, 0) is 21.9 Å². The van der Waals surface area contributed by atoms with Crippen molar-refractivity contribution in [3.63, 3.8) is 0 Å². The van der Waals surface area contributed by atoms with Crippen LogP contribution in [0.1, 0.15) is 49.4 Å². The molecule has 0 fully saturated rings. The minimum atomic E-state index is -0.467. The van der Waals surface area contributed by atoms with Crippen molar-refractivity contribution in [1.82, 2.24) is 10.2 Å². The predicted molar refractivity (Wildman–Crippen MR) is 131 cm³/mol. The minimum Gasteiger partial charge on any atom is -0.354 e. The van der Waals surface area contributed by atoms with Crippen molar-refractivity contribution in [2.24, 2.45) is 5.92 Å². The van der Waals surface area contributed by atoms with E-state index in [9.17, 15) is 9.59 Å². The summed E-state index contributed by atoms with van der Waals surface area (Å²) in [6, 6.07) is 15.9. The fourth-order valence-electron chi connectivity index (χ4n) is 3.45. The molecule has 2 aromatic carbocycles. The van der Waals surface area contributed by atoms with Gasteiger partial charge < -0.3 is 10.2 Å². The van der Waals surface area contributed by atoms with E-state index in [0.29, 0.717) is 31.2 Å². The van der Waals surface area contributed by atoms with E-state index in [-0.39, 0.29) is 11.8 Å². The fraction of sp³-hybridized carbons (Fsp3) is 0.462. The maximum Gasteiger partial charge on any atom is 0.242 e. The minimum absolute atomic E-state index is 0.00615. The van der Waals surface area contributed by atoms with Crippen LogP contribution in [0.3, 0.4) is 0 Å². The van der Waals surface area contributed by atoms with Gasteiger partial charge >= 0.3 is 0 Å². The Morgan fingerprint density at radius 3 is 2.45 bits per heavy atom. The number of carbonyl (C=O) groups is 2. The fourth-order valence-corrected chi connectivity index (χ4v) is 4.44. The van der Waals surface area contributed by atoms with Crippen LogP contribution in [0.5, 0.6) is 0 Å². The summed E-state index contributed by atoms with van der Waals surface area (Å²) in [7, 11) is 0. The van der Waals surface area contributed by atoms with Crippen molar-refractivity contribution in [3.8, 4) is 0 Å². The summed E-state index contributed by atoms with van der Waals surface area (Å²) in [5, 5.41) is 3.02. The van der Waals surface area contributed by atoms with Crippen molar-refractivity contribution in [2.45, 2.75) is 59.4 Å². The third-order valence-corrected chi connectivity index (χ3v) is 6.22. The van der Waals surface area contributed by atoms with E-state index in [1.807, 2.05) is 44.2 Å². The predicted octanol–water partition coefficient (Wildman–Crippen LogP) is 5.12. The zero-order valence-electron chi connectivity index (χ0n) is 19.5. The van der Waals surface area contributed by atoms with E-state index in [0.717, 1.165) is 16.9 Å². The topological polar surface area (TPSA) is 49.4 Å². The molecular weight excluding hydrogens is 404 g/mol. The van der Waals surface area contributed by atoms with E-state index in [4.69, 9.17) is 0 Å². The summed E-state index contributed by atoms with van der Waals surface area (Å²) in [6.07, 6.45) is 0.587. The van der Waals surface area contributed by atoms with Crippen LogP contribution in [0, 0.1) is 19.8 Å². The van der Waals surface area contributed by atoms with E-state index in [1.165, 1.54) is 11.1 Å². The molecule has 5 heteroatoms. The molecule has 31 heavy (non-hydrogen) atoms. The lowest BCUT2D eigenvalue weighted by Crippen LogP contribution is -2.50. The molecule has 0 heterocycles. The maximum absolute atomic E-state index is 13.3. The molecule has 2 aromatic rings. The Morgan fingerprint density at radius 1 is 1.06 bits per heavy atom. The smallest absolute Gasteiger partial charge is 0.242 e. The summed E-state index contributed by atoms with van der Waals surface area (Å²) < 4.78 is 0. The molecule has 4 nitrogen and oxygen atoms in total. The zero-order chi connectivity index (χ0) is 22.8. The Bertz CT molecular complexity index is 866. The standard InChI is InChI=1S/C26H36N2O2S/c1-6-24(26(30)27-15-19(2)3)28(16-22-12-9-10-20(4)14-22)25(29)18-31-17-23-13-8-7-11-21(23)5/h7-14,19,24H,6,15-18H2,1-5H3,(H,27,30)/t24-/m1/s1. The molecule has 1 atom stereocenters. The number of aryl methyl sites for hydroxylation is 2. The maximum atomic E-state index is 13.3. The van der Waals surface area contributed by atoms with Crippen LogP contribution >= 0.6 is 11.8 Å². The number of nitrogens with one attached hydrogen (secondary N) is 1. The molecule has 0 aliphatic carbocycles. The lowest BCUT2D eigenvalue weighted by Gasteiger charge is -2.31. The molecule has 0 saturated carbocycles. The molecular formula is C26H36N2O2S. The second-order valence-corrected chi connectivity index (χ2v) is 9.48. The van der Waals surface area contributed by atoms with Gasteiger partial charge in [0.2, 0.25) is 11.8 Å². The molecule has 0 radical (unpaired) electrons. The molecule has 0 aliphatic rings. The van der Waals surface area contributed by atoms with Gasteiger partial charge in [0.15, 0.2) is 0 Å². The van der Waals surface area contributed by atoms with E-state index >= 15 is 0 Å². The molecule has 0 aliphatic heterocycles. The normalized spacial score (nSPS) is 11.9. The molecule has 1 N–H and O–H groups in total. The van der Waals surface area contributed by atoms with Gasteiger partial charge in [0.25, 0.3) is 0 Å². The monoisotopic (exact) mass is 440 g/mol. The Kier molecular flexibility index (Phi) is 10.1. The first-order valence-electron chi connectivity index (χ1n) is 11.1. The number of hydrogen-bond donors (Lipinski definition) is 1. The Hall–Kier alpha value is -2.27. The third kappa shape index (κ3) is 8.06. The second-order valence-electron chi connectivity index (χ2n) is 8.49. The lowest BCUT2D eigenvalue weighted by molar-refractivity contribution is -0.139. The number of carbonyl (C=O) groups excluding carboxylic acids is 2. The van der Waals surface area contributed by atoms with Crippen molar-refractivity contribution >= 4 is 23.6 Å². The highest BCUT2D eigenvalue weighted by Gasteiger charge is 2.28. The van der Waals surface area contributed by atoms with Crippen LogP contribution in [0.4, 0.5) is 0 Å². The molecule has 0 aromatic heterocycles. The average Bonchev–Trinajstić information content (AvgIpc) is 2.73. The third-order valence-electron chi connectivity index (χ3n) is 5.25. The SMILES string of the molecule is CC[C@H](C(=O)NCC(C)C)N(Cc1cccc(C)c1)C(=O)CSCc1ccccc1C. The highest BCUT2D eigenvalue weighted by Crippen LogP contribution is 2.19. The van der Waals surface area contributed by atoms with Gasteiger partial charge in [0.1, 0.15) is 6.04 Å². The van der Waals surface area contributed by atoms with Crippen molar-refractivity contribution < 1.29 is 9.59 Å². The summed E-state index contributed by atoms with van der Waals surface area (Å²) in [6.45, 7) is 11.3. The molecule has 168 valence electrons. The summed E-state index contributed by atoms with van der Waals surface area (Å²) in [5.41, 5.74) is 4.68. The Morgan fingerprint density at radius 2 is 1.81 bits per heavy atom. The first kappa shape index (κ1) is 25.0. The first-order chi connectivity index (χ1) is 14.8. The van der Waals surface area contributed by atoms with Crippen LogP contribution < -0.4 is 5.32 Å². The quantitative estimate of drug-likeness (QED) is 0.528. The molecule has 0 spiro atoms. The van der Waals surface area contributed by atoms with Crippen LogP contribution in [0.2, 0.25) is 0 Å². The second kappa shape index (κ2) is 12.6. The molecule has 0 unspecified atom stereocenters.